The Kier molecular flexibility index (Phi) is 5.64. The molecule has 0 aromatic heterocycles. The Morgan fingerprint density at radius 3 is 2.63 bits per heavy atom. The minimum atomic E-state index is -0.638. The number of carbonyl (C=O) groups excluding carboxylic acids is 2. The largest absolute Gasteiger partial charge is 0.486 e. The van der Waals surface area contributed by atoms with E-state index in [-0.39, 0.29) is 18.6 Å². The second-order valence-corrected chi connectivity index (χ2v) is 6.77. The van der Waals surface area contributed by atoms with Gasteiger partial charge in [0, 0.05) is 35.8 Å². The Morgan fingerprint density at radius 2 is 1.93 bits per heavy atom. The van der Waals surface area contributed by atoms with E-state index in [0.29, 0.717) is 23.4 Å². The van der Waals surface area contributed by atoms with Crippen LogP contribution < -0.4 is 15.8 Å². The predicted molar refractivity (Wildman–Crippen MR) is 104 cm³/mol. The van der Waals surface area contributed by atoms with E-state index >= 15 is 0 Å². The van der Waals surface area contributed by atoms with Crippen LogP contribution >= 0.6 is 0 Å². The first-order valence-corrected chi connectivity index (χ1v) is 9.14. The highest BCUT2D eigenvalue weighted by Crippen LogP contribution is 2.36. The number of fused-ring (bicyclic) bond motifs is 1. The van der Waals surface area contributed by atoms with Crippen LogP contribution in [0.25, 0.3) is 0 Å². The van der Waals surface area contributed by atoms with E-state index in [0.717, 1.165) is 17.7 Å². The Bertz CT molecular complexity index is 833. The lowest BCUT2D eigenvalue weighted by molar-refractivity contribution is -0.137. The molecular formula is C21H24N2O4. The Balaban J connectivity index is 1.83. The van der Waals surface area contributed by atoms with Gasteiger partial charge in [0.05, 0.1) is 5.56 Å². The summed E-state index contributed by atoms with van der Waals surface area (Å²) >= 11 is 0. The number of rotatable bonds is 5. The molecule has 0 amide bonds. The molecule has 6 nitrogen and oxygen atoms in total. The molecule has 0 saturated carbocycles. The lowest BCUT2D eigenvalue weighted by Crippen LogP contribution is -2.28. The molecule has 27 heavy (non-hydrogen) atoms. The Hall–Kier alpha value is -3.02. The minimum Gasteiger partial charge on any atom is -0.486 e. The minimum absolute atomic E-state index is 0.221. The van der Waals surface area contributed by atoms with Gasteiger partial charge in [-0.05, 0) is 55.8 Å². The number of ether oxygens (including phenoxy) is 2. The summed E-state index contributed by atoms with van der Waals surface area (Å²) in [6.45, 7) is 3.93. The zero-order valence-corrected chi connectivity index (χ0v) is 15.5. The SMILES string of the molecule is CCCC(=O)OC(=O)c1ccc2c(c1)C(Oc1ccc(N)cc1)CC(C)N2. The number of hydrogen-bond acceptors (Lipinski definition) is 6. The first kappa shape index (κ1) is 18.8. The number of benzene rings is 2. The van der Waals surface area contributed by atoms with Gasteiger partial charge in [-0.2, -0.15) is 0 Å². The van der Waals surface area contributed by atoms with Crippen molar-refractivity contribution < 1.29 is 19.1 Å². The van der Waals surface area contributed by atoms with Crippen molar-refractivity contribution in [3.8, 4) is 5.75 Å². The second-order valence-electron chi connectivity index (χ2n) is 6.77. The number of nitrogens with two attached hydrogens (primary N) is 1. The lowest BCUT2D eigenvalue weighted by atomic mass is 9.94. The molecule has 0 radical (unpaired) electrons. The van der Waals surface area contributed by atoms with E-state index in [2.05, 4.69) is 12.2 Å². The molecule has 0 saturated heterocycles. The third-order valence-corrected chi connectivity index (χ3v) is 4.42. The van der Waals surface area contributed by atoms with Gasteiger partial charge in [0.2, 0.25) is 0 Å². The van der Waals surface area contributed by atoms with Crippen LogP contribution in [0, 0.1) is 0 Å². The van der Waals surface area contributed by atoms with E-state index < -0.39 is 11.9 Å². The van der Waals surface area contributed by atoms with Crippen molar-refractivity contribution in [3.05, 3.63) is 53.6 Å². The fraction of sp³-hybridized carbons (Fsp3) is 0.333. The first-order chi connectivity index (χ1) is 13.0. The summed E-state index contributed by atoms with van der Waals surface area (Å²) in [6, 6.07) is 12.7. The van der Waals surface area contributed by atoms with E-state index in [1.165, 1.54) is 0 Å². The van der Waals surface area contributed by atoms with E-state index in [1.54, 1.807) is 24.3 Å². The molecule has 3 rings (SSSR count). The second kappa shape index (κ2) is 8.12. The third kappa shape index (κ3) is 4.58. The molecule has 0 aliphatic carbocycles. The first-order valence-electron chi connectivity index (χ1n) is 9.14. The van der Waals surface area contributed by atoms with Crippen LogP contribution in [-0.2, 0) is 9.53 Å². The standard InChI is InChI=1S/C21H24N2O4/c1-3-4-20(24)27-21(25)14-5-10-18-17(12-14)19(11-13(2)23-18)26-16-8-6-15(22)7-9-16/h5-10,12-13,19,23H,3-4,11,22H2,1-2H3. The summed E-state index contributed by atoms with van der Waals surface area (Å²) in [5.41, 5.74) is 8.50. The molecule has 142 valence electrons. The quantitative estimate of drug-likeness (QED) is 0.469. The number of esters is 2. The average molecular weight is 368 g/mol. The molecule has 2 aromatic rings. The molecule has 1 heterocycles. The van der Waals surface area contributed by atoms with Gasteiger partial charge in [0.25, 0.3) is 0 Å². The zero-order valence-electron chi connectivity index (χ0n) is 15.5. The molecule has 2 atom stereocenters. The van der Waals surface area contributed by atoms with Crippen molar-refractivity contribution in [2.24, 2.45) is 0 Å². The van der Waals surface area contributed by atoms with Crippen LogP contribution in [0.5, 0.6) is 5.75 Å². The molecule has 2 unspecified atom stereocenters. The highest BCUT2D eigenvalue weighted by Gasteiger charge is 2.27. The van der Waals surface area contributed by atoms with Crippen LogP contribution in [0.1, 0.15) is 55.1 Å². The summed E-state index contributed by atoms with van der Waals surface area (Å²) < 4.78 is 11.0. The summed E-state index contributed by atoms with van der Waals surface area (Å²) in [5, 5.41) is 3.39. The molecular weight excluding hydrogens is 344 g/mol. The van der Waals surface area contributed by atoms with Crippen LogP contribution in [-0.4, -0.2) is 18.0 Å². The number of nitrogen functional groups attached to an aromatic ring is 1. The molecule has 0 fully saturated rings. The normalized spacial score (nSPS) is 18.1. The van der Waals surface area contributed by atoms with Crippen molar-refractivity contribution in [2.45, 2.75) is 45.3 Å². The van der Waals surface area contributed by atoms with Crippen LogP contribution in [0.2, 0.25) is 0 Å². The fourth-order valence-electron chi connectivity index (χ4n) is 3.10. The molecule has 0 spiro atoms. The van der Waals surface area contributed by atoms with Crippen molar-refractivity contribution in [2.75, 3.05) is 11.1 Å². The maximum absolute atomic E-state index is 12.3. The van der Waals surface area contributed by atoms with Gasteiger partial charge in [0.1, 0.15) is 11.9 Å². The summed E-state index contributed by atoms with van der Waals surface area (Å²) in [6.07, 6.45) is 1.37. The molecule has 1 aliphatic heterocycles. The van der Waals surface area contributed by atoms with Gasteiger partial charge in [-0.3, -0.25) is 4.79 Å². The highest BCUT2D eigenvalue weighted by atomic mass is 16.6. The Morgan fingerprint density at radius 1 is 1.19 bits per heavy atom. The summed E-state index contributed by atoms with van der Waals surface area (Å²) in [5.74, 6) is -0.442. The predicted octanol–water partition coefficient (Wildman–Crippen LogP) is 4.08. The van der Waals surface area contributed by atoms with Crippen molar-refractivity contribution in [1.82, 2.24) is 0 Å². The fourth-order valence-corrected chi connectivity index (χ4v) is 3.10. The summed E-state index contributed by atoms with van der Waals surface area (Å²) in [7, 11) is 0. The molecule has 6 heteroatoms. The molecule has 1 aliphatic rings. The van der Waals surface area contributed by atoms with E-state index in [9.17, 15) is 9.59 Å². The number of nitrogens with one attached hydrogen (secondary N) is 1. The van der Waals surface area contributed by atoms with Gasteiger partial charge in [-0.15, -0.1) is 0 Å². The summed E-state index contributed by atoms with van der Waals surface area (Å²) in [4.78, 5) is 23.9. The topological polar surface area (TPSA) is 90.7 Å². The average Bonchev–Trinajstić information content (AvgIpc) is 2.63. The lowest BCUT2D eigenvalue weighted by Gasteiger charge is -2.32. The monoisotopic (exact) mass is 368 g/mol. The van der Waals surface area contributed by atoms with Gasteiger partial charge >= 0.3 is 11.9 Å². The van der Waals surface area contributed by atoms with Gasteiger partial charge in [0.15, 0.2) is 0 Å². The van der Waals surface area contributed by atoms with E-state index in [1.807, 2.05) is 25.1 Å². The Labute approximate surface area is 158 Å². The maximum Gasteiger partial charge on any atom is 0.345 e. The smallest absolute Gasteiger partial charge is 0.345 e. The molecule has 3 N–H and O–H groups in total. The van der Waals surface area contributed by atoms with Crippen LogP contribution in [0.15, 0.2) is 42.5 Å². The van der Waals surface area contributed by atoms with E-state index in [4.69, 9.17) is 15.2 Å². The van der Waals surface area contributed by atoms with Crippen molar-refractivity contribution in [3.63, 3.8) is 0 Å². The highest BCUT2D eigenvalue weighted by molar-refractivity contribution is 5.97. The third-order valence-electron chi connectivity index (χ3n) is 4.42. The number of carbonyl (C=O) groups is 2. The zero-order chi connectivity index (χ0) is 19.4. The van der Waals surface area contributed by atoms with Crippen molar-refractivity contribution >= 4 is 23.3 Å². The van der Waals surface area contributed by atoms with Gasteiger partial charge in [-0.25, -0.2) is 4.79 Å². The molecule has 0 bridgehead atoms. The van der Waals surface area contributed by atoms with Crippen LogP contribution in [0.3, 0.4) is 0 Å². The number of anilines is 2. The molecule has 2 aromatic carbocycles. The van der Waals surface area contributed by atoms with Gasteiger partial charge < -0.3 is 20.5 Å². The number of hydrogen-bond donors (Lipinski definition) is 2. The van der Waals surface area contributed by atoms with Gasteiger partial charge in [-0.1, -0.05) is 6.92 Å². The van der Waals surface area contributed by atoms with Crippen molar-refractivity contribution in [1.29, 1.82) is 0 Å². The maximum atomic E-state index is 12.3. The van der Waals surface area contributed by atoms with Crippen LogP contribution in [0.4, 0.5) is 11.4 Å².